The predicted octanol–water partition coefficient (Wildman–Crippen LogP) is 2.50. The summed E-state index contributed by atoms with van der Waals surface area (Å²) in [5.41, 5.74) is 1.72. The molecule has 0 radical (unpaired) electrons. The monoisotopic (exact) mass is 402 g/mol. The van der Waals surface area contributed by atoms with E-state index in [4.69, 9.17) is 6.42 Å². The Morgan fingerprint density at radius 3 is 2.50 bits per heavy atom. The maximum Gasteiger partial charge on any atom is 0.246 e. The number of benzene rings is 1. The molecule has 1 aromatic carbocycles. The first-order valence-electron chi connectivity index (χ1n) is 8.77. The van der Waals surface area contributed by atoms with Gasteiger partial charge in [-0.05, 0) is 52.8 Å². The highest BCUT2D eigenvalue weighted by atomic mass is 32.2. The summed E-state index contributed by atoms with van der Waals surface area (Å²) in [5, 5.41) is 7.06. The number of anilines is 1. The van der Waals surface area contributed by atoms with Crippen molar-refractivity contribution in [2.75, 3.05) is 18.9 Å². The molecular formula is C20H26N4O3S. The molecule has 0 atom stereocenters. The van der Waals surface area contributed by atoms with Crippen molar-refractivity contribution < 1.29 is 13.2 Å². The van der Waals surface area contributed by atoms with Crippen LogP contribution < -0.4 is 5.32 Å². The lowest BCUT2D eigenvalue weighted by atomic mass is 10.1. The smallest absolute Gasteiger partial charge is 0.246 e. The lowest BCUT2D eigenvalue weighted by molar-refractivity contribution is -0.116. The van der Waals surface area contributed by atoms with Crippen LogP contribution in [0.5, 0.6) is 0 Å². The third kappa shape index (κ3) is 4.43. The number of aryl methyl sites for hydroxylation is 1. The molecule has 0 bridgehead atoms. The van der Waals surface area contributed by atoms with Crippen LogP contribution in [0, 0.1) is 26.2 Å². The standard InChI is InChI=1S/C20H26N4O3S/c1-8-16-10-9-11-17(12-16)21-18(25)13-23(7)28(26,27)19-14(2)22-24(15(19)3)20(4,5)6/h1,9-12H,13H2,2-7H3,(H,21,25). The Balaban J connectivity index is 2.24. The van der Waals surface area contributed by atoms with Gasteiger partial charge in [0.1, 0.15) is 4.90 Å². The van der Waals surface area contributed by atoms with Crippen LogP contribution in [-0.4, -0.2) is 42.0 Å². The van der Waals surface area contributed by atoms with E-state index in [0.29, 0.717) is 22.6 Å². The summed E-state index contributed by atoms with van der Waals surface area (Å²) < 4.78 is 28.9. The number of hydrogen-bond acceptors (Lipinski definition) is 4. The van der Waals surface area contributed by atoms with E-state index in [0.717, 1.165) is 4.31 Å². The Kier molecular flexibility index (Phi) is 6.02. The summed E-state index contributed by atoms with van der Waals surface area (Å²) in [6.45, 7) is 8.89. The number of sulfonamides is 1. The molecule has 0 saturated heterocycles. The minimum absolute atomic E-state index is 0.132. The van der Waals surface area contributed by atoms with E-state index in [-0.39, 0.29) is 17.0 Å². The fraction of sp³-hybridized carbons (Fsp3) is 0.400. The molecule has 0 unspecified atom stereocenters. The van der Waals surface area contributed by atoms with Gasteiger partial charge in [0.15, 0.2) is 0 Å². The van der Waals surface area contributed by atoms with Crippen LogP contribution in [-0.2, 0) is 20.4 Å². The van der Waals surface area contributed by atoms with Crippen molar-refractivity contribution >= 4 is 21.6 Å². The molecule has 2 aromatic rings. The highest BCUT2D eigenvalue weighted by Crippen LogP contribution is 2.27. The topological polar surface area (TPSA) is 84.3 Å². The van der Waals surface area contributed by atoms with Gasteiger partial charge in [0.25, 0.3) is 0 Å². The first-order valence-corrected chi connectivity index (χ1v) is 10.2. The molecule has 0 spiro atoms. The van der Waals surface area contributed by atoms with E-state index < -0.39 is 15.9 Å². The number of rotatable bonds is 5. The second kappa shape index (κ2) is 7.78. The Hall–Kier alpha value is -2.63. The molecule has 0 saturated carbocycles. The molecule has 1 aromatic heterocycles. The number of terminal acetylenes is 1. The van der Waals surface area contributed by atoms with Crippen molar-refractivity contribution in [3.63, 3.8) is 0 Å². The van der Waals surface area contributed by atoms with Crippen LogP contribution in [0.1, 0.15) is 37.7 Å². The van der Waals surface area contributed by atoms with E-state index in [9.17, 15) is 13.2 Å². The SMILES string of the molecule is C#Cc1cccc(NC(=O)CN(C)S(=O)(=O)c2c(C)nn(C(C)(C)C)c2C)c1. The number of carbonyl (C=O) groups is 1. The van der Waals surface area contributed by atoms with Gasteiger partial charge in [0, 0.05) is 18.3 Å². The molecule has 0 aliphatic rings. The molecule has 2 rings (SSSR count). The largest absolute Gasteiger partial charge is 0.325 e. The Morgan fingerprint density at radius 2 is 1.96 bits per heavy atom. The molecule has 0 fully saturated rings. The van der Waals surface area contributed by atoms with Gasteiger partial charge in [-0.25, -0.2) is 8.42 Å². The van der Waals surface area contributed by atoms with Crippen LogP contribution in [0.2, 0.25) is 0 Å². The first kappa shape index (κ1) is 21.7. The Labute approximate surface area is 166 Å². The molecule has 1 heterocycles. The molecule has 7 nitrogen and oxygen atoms in total. The van der Waals surface area contributed by atoms with E-state index in [1.807, 2.05) is 20.8 Å². The van der Waals surface area contributed by atoms with Gasteiger partial charge >= 0.3 is 0 Å². The van der Waals surface area contributed by atoms with Crippen LogP contribution in [0.4, 0.5) is 5.69 Å². The number of carbonyl (C=O) groups excluding carboxylic acids is 1. The third-order valence-corrected chi connectivity index (χ3v) is 6.26. The van der Waals surface area contributed by atoms with Crippen molar-refractivity contribution in [1.82, 2.24) is 14.1 Å². The fourth-order valence-corrected chi connectivity index (χ4v) is 4.46. The van der Waals surface area contributed by atoms with Gasteiger partial charge < -0.3 is 5.32 Å². The van der Waals surface area contributed by atoms with Crippen molar-refractivity contribution in [3.8, 4) is 12.3 Å². The van der Waals surface area contributed by atoms with Crippen LogP contribution in [0.15, 0.2) is 29.2 Å². The predicted molar refractivity (Wildman–Crippen MR) is 110 cm³/mol. The summed E-state index contributed by atoms with van der Waals surface area (Å²) in [7, 11) is -2.51. The second-order valence-electron chi connectivity index (χ2n) is 7.62. The summed E-state index contributed by atoms with van der Waals surface area (Å²) in [6, 6.07) is 6.80. The van der Waals surface area contributed by atoms with Gasteiger partial charge in [0.2, 0.25) is 15.9 Å². The third-order valence-electron chi connectivity index (χ3n) is 4.21. The number of nitrogens with zero attached hydrogens (tertiary/aromatic N) is 3. The minimum atomic E-state index is -3.88. The molecule has 150 valence electrons. The zero-order chi connectivity index (χ0) is 21.3. The van der Waals surface area contributed by atoms with Crippen molar-refractivity contribution in [2.45, 2.75) is 45.1 Å². The lowest BCUT2D eigenvalue weighted by Gasteiger charge is -2.22. The Bertz CT molecular complexity index is 1040. The summed E-state index contributed by atoms with van der Waals surface area (Å²) >= 11 is 0. The highest BCUT2D eigenvalue weighted by Gasteiger charge is 2.32. The van der Waals surface area contributed by atoms with Gasteiger partial charge in [0.05, 0.1) is 23.5 Å². The quantitative estimate of drug-likeness (QED) is 0.779. The van der Waals surface area contributed by atoms with Crippen molar-refractivity contribution in [2.24, 2.45) is 0 Å². The van der Waals surface area contributed by atoms with Gasteiger partial charge in [-0.1, -0.05) is 12.0 Å². The van der Waals surface area contributed by atoms with Gasteiger partial charge in [-0.15, -0.1) is 6.42 Å². The van der Waals surface area contributed by atoms with Crippen molar-refractivity contribution in [1.29, 1.82) is 0 Å². The number of nitrogens with one attached hydrogen (secondary N) is 1. The molecule has 0 aliphatic carbocycles. The number of likely N-dealkylation sites (N-methyl/N-ethyl adjacent to an activating group) is 1. The van der Waals surface area contributed by atoms with E-state index in [1.165, 1.54) is 7.05 Å². The molecule has 1 amide bonds. The molecule has 8 heteroatoms. The van der Waals surface area contributed by atoms with Gasteiger partial charge in [-0.3, -0.25) is 9.48 Å². The normalized spacial score (nSPS) is 12.1. The second-order valence-corrected chi connectivity index (χ2v) is 9.60. The lowest BCUT2D eigenvalue weighted by Crippen LogP contribution is -2.35. The maximum absolute atomic E-state index is 13.1. The van der Waals surface area contributed by atoms with Crippen molar-refractivity contribution in [3.05, 3.63) is 41.2 Å². The van der Waals surface area contributed by atoms with Crippen LogP contribution in [0.25, 0.3) is 0 Å². The zero-order valence-electron chi connectivity index (χ0n) is 17.1. The number of hydrogen-bond donors (Lipinski definition) is 1. The zero-order valence-corrected chi connectivity index (χ0v) is 17.9. The van der Waals surface area contributed by atoms with E-state index in [1.54, 1.807) is 42.8 Å². The number of amides is 1. The maximum atomic E-state index is 13.1. The summed E-state index contributed by atoms with van der Waals surface area (Å²) in [5.74, 6) is 2.03. The molecule has 0 aliphatic heterocycles. The molecule has 28 heavy (non-hydrogen) atoms. The first-order chi connectivity index (χ1) is 12.9. The highest BCUT2D eigenvalue weighted by molar-refractivity contribution is 7.89. The van der Waals surface area contributed by atoms with E-state index >= 15 is 0 Å². The number of aromatic nitrogens is 2. The fourth-order valence-electron chi connectivity index (χ4n) is 2.99. The molecule has 1 N–H and O–H groups in total. The summed E-state index contributed by atoms with van der Waals surface area (Å²) in [6.07, 6.45) is 5.35. The Morgan fingerprint density at radius 1 is 1.32 bits per heavy atom. The minimum Gasteiger partial charge on any atom is -0.325 e. The average molecular weight is 403 g/mol. The summed E-state index contributed by atoms with van der Waals surface area (Å²) in [4.78, 5) is 12.5. The van der Waals surface area contributed by atoms with E-state index in [2.05, 4.69) is 16.3 Å². The van der Waals surface area contributed by atoms with Gasteiger partial charge in [-0.2, -0.15) is 9.40 Å². The molecular weight excluding hydrogens is 376 g/mol. The average Bonchev–Trinajstić information content (AvgIpc) is 2.90. The van der Waals surface area contributed by atoms with Crippen LogP contribution >= 0.6 is 0 Å². The van der Waals surface area contributed by atoms with Crippen LogP contribution in [0.3, 0.4) is 0 Å².